The van der Waals surface area contributed by atoms with E-state index in [1.807, 2.05) is 24.0 Å². The fraction of sp³-hybridized carbons (Fsp3) is 0.588. The van der Waals surface area contributed by atoms with Crippen molar-refractivity contribution in [3.8, 4) is 5.75 Å². The number of carbonyl (C=O) groups is 1. The van der Waals surface area contributed by atoms with Crippen molar-refractivity contribution in [1.29, 1.82) is 0 Å². The van der Waals surface area contributed by atoms with Crippen LogP contribution in [-0.2, 0) is 4.79 Å². The van der Waals surface area contributed by atoms with Crippen molar-refractivity contribution in [3.05, 3.63) is 28.8 Å². The predicted octanol–water partition coefficient (Wildman–Crippen LogP) is 3.00. The number of aryl methyl sites for hydroxylation is 1. The second-order valence-electron chi connectivity index (χ2n) is 6.24. The van der Waals surface area contributed by atoms with Gasteiger partial charge in [-0.15, -0.1) is 0 Å². The Morgan fingerprint density at radius 3 is 2.95 bits per heavy atom. The van der Waals surface area contributed by atoms with Gasteiger partial charge in [-0.05, 0) is 50.3 Å². The average molecular weight is 325 g/mol. The molecule has 0 saturated carbocycles. The summed E-state index contributed by atoms with van der Waals surface area (Å²) in [5, 5.41) is 0.521. The second kappa shape index (κ2) is 7.34. The molecule has 0 aliphatic carbocycles. The number of ether oxygens (including phenoxy) is 1. The number of hydrogen-bond donors (Lipinski definition) is 1. The highest BCUT2D eigenvalue weighted by atomic mass is 35.5. The maximum Gasteiger partial charge on any atom is 0.263 e. The molecule has 1 aromatic rings. The second-order valence-corrected chi connectivity index (χ2v) is 6.65. The quantitative estimate of drug-likeness (QED) is 0.926. The van der Waals surface area contributed by atoms with Crippen molar-refractivity contribution >= 4 is 17.5 Å². The van der Waals surface area contributed by atoms with Crippen LogP contribution >= 0.6 is 11.6 Å². The minimum atomic E-state index is -0.568. The van der Waals surface area contributed by atoms with E-state index in [4.69, 9.17) is 22.1 Å². The summed E-state index contributed by atoms with van der Waals surface area (Å²) >= 11 is 6.14. The zero-order valence-electron chi connectivity index (χ0n) is 13.5. The number of halogens is 1. The lowest BCUT2D eigenvalue weighted by Gasteiger charge is -2.39. The molecule has 1 fully saturated rings. The largest absolute Gasteiger partial charge is 0.479 e. The Hall–Kier alpha value is -1.26. The third-order valence-electron chi connectivity index (χ3n) is 4.27. The van der Waals surface area contributed by atoms with Gasteiger partial charge in [0.25, 0.3) is 5.91 Å². The van der Waals surface area contributed by atoms with Crippen LogP contribution in [0.2, 0.25) is 5.02 Å². The van der Waals surface area contributed by atoms with Crippen molar-refractivity contribution < 1.29 is 9.53 Å². The summed E-state index contributed by atoms with van der Waals surface area (Å²) in [5.41, 5.74) is 6.88. The van der Waals surface area contributed by atoms with Crippen LogP contribution in [0.4, 0.5) is 0 Å². The van der Waals surface area contributed by atoms with Crippen LogP contribution in [0.1, 0.15) is 32.3 Å². The number of hydrogen-bond acceptors (Lipinski definition) is 3. The third-order valence-corrected chi connectivity index (χ3v) is 4.58. The Kier molecular flexibility index (Phi) is 5.70. The first-order valence-corrected chi connectivity index (χ1v) is 8.23. The summed E-state index contributed by atoms with van der Waals surface area (Å²) in [7, 11) is 0. The fourth-order valence-electron chi connectivity index (χ4n) is 2.94. The molecule has 2 rings (SSSR count). The van der Waals surface area contributed by atoms with Crippen LogP contribution in [0.3, 0.4) is 0 Å². The molecule has 0 radical (unpaired) electrons. The van der Waals surface area contributed by atoms with E-state index in [9.17, 15) is 4.79 Å². The summed E-state index contributed by atoms with van der Waals surface area (Å²) in [5.74, 6) is 1.15. The molecule has 3 atom stereocenters. The highest BCUT2D eigenvalue weighted by Crippen LogP contribution is 2.28. The first-order valence-electron chi connectivity index (χ1n) is 7.85. The summed E-state index contributed by atoms with van der Waals surface area (Å²) < 4.78 is 5.80. The molecule has 122 valence electrons. The van der Waals surface area contributed by atoms with Gasteiger partial charge in [-0.1, -0.05) is 24.6 Å². The lowest BCUT2D eigenvalue weighted by molar-refractivity contribution is -0.142. The number of rotatable bonds is 4. The molecule has 3 unspecified atom stereocenters. The Balaban J connectivity index is 2.06. The van der Waals surface area contributed by atoms with Gasteiger partial charge < -0.3 is 15.4 Å². The summed E-state index contributed by atoms with van der Waals surface area (Å²) in [6, 6.07) is 5.66. The van der Waals surface area contributed by atoms with Gasteiger partial charge in [0.1, 0.15) is 5.75 Å². The predicted molar refractivity (Wildman–Crippen MR) is 89.2 cm³/mol. The van der Waals surface area contributed by atoms with Gasteiger partial charge >= 0.3 is 0 Å². The summed E-state index contributed by atoms with van der Waals surface area (Å²) in [4.78, 5) is 14.5. The maximum absolute atomic E-state index is 12.7. The van der Waals surface area contributed by atoms with Crippen LogP contribution < -0.4 is 10.5 Å². The smallest absolute Gasteiger partial charge is 0.263 e. The van der Waals surface area contributed by atoms with Crippen LogP contribution in [0.15, 0.2) is 18.2 Å². The van der Waals surface area contributed by atoms with Gasteiger partial charge in [-0.25, -0.2) is 0 Å². The number of nitrogens with zero attached hydrogens (tertiary/aromatic N) is 1. The van der Waals surface area contributed by atoms with E-state index in [0.29, 0.717) is 23.2 Å². The van der Waals surface area contributed by atoms with E-state index in [1.54, 1.807) is 13.0 Å². The van der Waals surface area contributed by atoms with Gasteiger partial charge in [0.15, 0.2) is 6.10 Å². The lowest BCUT2D eigenvalue weighted by atomic mass is 9.92. The molecule has 1 aliphatic heterocycles. The van der Waals surface area contributed by atoms with E-state index in [0.717, 1.165) is 24.9 Å². The number of nitrogens with two attached hydrogens (primary N) is 1. The maximum atomic E-state index is 12.7. The monoisotopic (exact) mass is 324 g/mol. The molecule has 4 nitrogen and oxygen atoms in total. The lowest BCUT2D eigenvalue weighted by Crippen LogP contribution is -2.52. The molecule has 1 aromatic carbocycles. The number of benzene rings is 1. The zero-order chi connectivity index (χ0) is 16.3. The highest BCUT2D eigenvalue weighted by Gasteiger charge is 2.32. The van der Waals surface area contributed by atoms with Crippen LogP contribution in [0.5, 0.6) is 5.75 Å². The molecule has 1 amide bonds. The number of amides is 1. The van der Waals surface area contributed by atoms with E-state index in [-0.39, 0.29) is 11.9 Å². The van der Waals surface area contributed by atoms with Crippen LogP contribution in [0, 0.1) is 12.8 Å². The summed E-state index contributed by atoms with van der Waals surface area (Å²) in [6.45, 7) is 7.18. The van der Waals surface area contributed by atoms with Crippen molar-refractivity contribution in [1.82, 2.24) is 4.90 Å². The molecular formula is C17H25ClN2O2. The van der Waals surface area contributed by atoms with Gasteiger partial charge in [-0.2, -0.15) is 0 Å². The van der Waals surface area contributed by atoms with Crippen molar-refractivity contribution in [3.63, 3.8) is 0 Å². The molecule has 5 heteroatoms. The first kappa shape index (κ1) is 17.1. The Labute approximate surface area is 137 Å². The van der Waals surface area contributed by atoms with Crippen LogP contribution in [-0.4, -0.2) is 36.0 Å². The Morgan fingerprint density at radius 2 is 2.27 bits per heavy atom. The highest BCUT2D eigenvalue weighted by molar-refractivity contribution is 6.32. The fourth-order valence-corrected chi connectivity index (χ4v) is 3.10. The van der Waals surface area contributed by atoms with Gasteiger partial charge in [0.05, 0.1) is 5.02 Å². The van der Waals surface area contributed by atoms with Crippen LogP contribution in [0.25, 0.3) is 0 Å². The van der Waals surface area contributed by atoms with E-state index in [1.165, 1.54) is 0 Å². The minimum absolute atomic E-state index is 0.0140. The normalized spacial score (nSPS) is 23.2. The molecule has 22 heavy (non-hydrogen) atoms. The zero-order valence-corrected chi connectivity index (χ0v) is 14.3. The molecule has 0 bridgehead atoms. The molecule has 0 spiro atoms. The van der Waals surface area contributed by atoms with Gasteiger partial charge in [0.2, 0.25) is 0 Å². The standard InChI is InChI=1S/C17H25ClN2O2/c1-11-4-5-15(18)16(9-11)22-13(3)17(21)20-7-6-12(2)8-14(20)10-19/h4-5,9,12-14H,6-8,10,19H2,1-3H3. The van der Waals surface area contributed by atoms with Crippen molar-refractivity contribution in [2.45, 2.75) is 45.8 Å². The molecule has 1 saturated heterocycles. The molecule has 0 aromatic heterocycles. The number of carbonyl (C=O) groups excluding carboxylic acids is 1. The Bertz CT molecular complexity index is 535. The van der Waals surface area contributed by atoms with Crippen molar-refractivity contribution in [2.75, 3.05) is 13.1 Å². The number of piperidine rings is 1. The third kappa shape index (κ3) is 3.93. The molecule has 1 aliphatic rings. The Morgan fingerprint density at radius 1 is 1.55 bits per heavy atom. The first-order chi connectivity index (χ1) is 10.4. The summed E-state index contributed by atoms with van der Waals surface area (Å²) in [6.07, 6.45) is 1.40. The molecule has 1 heterocycles. The topological polar surface area (TPSA) is 55.6 Å². The van der Waals surface area contributed by atoms with Gasteiger partial charge in [-0.3, -0.25) is 4.79 Å². The van der Waals surface area contributed by atoms with E-state index in [2.05, 4.69) is 6.92 Å². The van der Waals surface area contributed by atoms with Gasteiger partial charge in [0, 0.05) is 19.1 Å². The SMILES string of the molecule is Cc1ccc(Cl)c(OC(C)C(=O)N2CCC(C)CC2CN)c1. The number of likely N-dealkylation sites (tertiary alicyclic amines) is 1. The minimum Gasteiger partial charge on any atom is -0.479 e. The molecule has 2 N–H and O–H groups in total. The van der Waals surface area contributed by atoms with E-state index >= 15 is 0 Å². The molecular weight excluding hydrogens is 300 g/mol. The average Bonchev–Trinajstić information content (AvgIpc) is 2.50. The van der Waals surface area contributed by atoms with Crippen molar-refractivity contribution in [2.24, 2.45) is 11.7 Å². The van der Waals surface area contributed by atoms with E-state index < -0.39 is 6.10 Å².